The molecule has 1 atom stereocenters. The maximum absolute atomic E-state index is 12.2. The van der Waals surface area contributed by atoms with Gasteiger partial charge in [-0.3, -0.25) is 9.69 Å². The average molecular weight is 301 g/mol. The van der Waals surface area contributed by atoms with Crippen molar-refractivity contribution >= 4 is 5.91 Å². The Hall–Kier alpha value is -1.39. The maximum Gasteiger partial charge on any atom is 0.234 e. The zero-order valence-electron chi connectivity index (χ0n) is 13.5. The van der Waals surface area contributed by atoms with E-state index in [0.29, 0.717) is 6.54 Å². The van der Waals surface area contributed by atoms with Gasteiger partial charge in [0.05, 0.1) is 12.6 Å². The third-order valence-electron chi connectivity index (χ3n) is 4.83. The van der Waals surface area contributed by atoms with Crippen LogP contribution in [0.1, 0.15) is 42.5 Å². The highest BCUT2D eigenvalue weighted by Gasteiger charge is 2.17. The zero-order valence-corrected chi connectivity index (χ0v) is 13.5. The SMILES string of the molecule is CC(NC(=O)CN1CCNCC1)c1ccc2c(c1)CCCC2. The van der Waals surface area contributed by atoms with Gasteiger partial charge in [0, 0.05) is 26.2 Å². The van der Waals surface area contributed by atoms with E-state index in [2.05, 4.69) is 40.7 Å². The van der Waals surface area contributed by atoms with Crippen LogP contribution in [-0.4, -0.2) is 43.5 Å². The number of hydrogen-bond donors (Lipinski definition) is 2. The van der Waals surface area contributed by atoms with Crippen molar-refractivity contribution in [3.05, 3.63) is 34.9 Å². The molecular formula is C18H27N3O. The third kappa shape index (κ3) is 3.87. The number of rotatable bonds is 4. The minimum Gasteiger partial charge on any atom is -0.348 e. The van der Waals surface area contributed by atoms with Crippen LogP contribution in [0.3, 0.4) is 0 Å². The minimum atomic E-state index is 0.0858. The molecule has 22 heavy (non-hydrogen) atoms. The van der Waals surface area contributed by atoms with E-state index in [9.17, 15) is 4.79 Å². The molecule has 1 fully saturated rings. The first-order valence-corrected chi connectivity index (χ1v) is 8.56. The van der Waals surface area contributed by atoms with E-state index in [4.69, 9.17) is 0 Å². The van der Waals surface area contributed by atoms with Crippen LogP contribution in [0.5, 0.6) is 0 Å². The normalized spacial score (nSPS) is 20.2. The van der Waals surface area contributed by atoms with Gasteiger partial charge in [0.25, 0.3) is 0 Å². The summed E-state index contributed by atoms with van der Waals surface area (Å²) in [5, 5.41) is 6.46. The lowest BCUT2D eigenvalue weighted by Gasteiger charge is -2.27. The van der Waals surface area contributed by atoms with E-state index in [1.54, 1.807) is 0 Å². The second-order valence-corrected chi connectivity index (χ2v) is 6.55. The summed E-state index contributed by atoms with van der Waals surface area (Å²) in [5.74, 6) is 0.132. The van der Waals surface area contributed by atoms with Crippen molar-refractivity contribution in [2.75, 3.05) is 32.7 Å². The van der Waals surface area contributed by atoms with Crippen LogP contribution in [-0.2, 0) is 17.6 Å². The van der Waals surface area contributed by atoms with Gasteiger partial charge in [-0.1, -0.05) is 18.2 Å². The highest BCUT2D eigenvalue weighted by Crippen LogP contribution is 2.24. The molecule has 0 saturated carbocycles. The molecule has 1 saturated heterocycles. The lowest BCUT2D eigenvalue weighted by atomic mass is 9.89. The monoisotopic (exact) mass is 301 g/mol. The first kappa shape index (κ1) is 15.5. The van der Waals surface area contributed by atoms with Crippen molar-refractivity contribution in [1.82, 2.24) is 15.5 Å². The number of carbonyl (C=O) groups is 1. The molecule has 4 nitrogen and oxygen atoms in total. The Morgan fingerprint density at radius 1 is 1.23 bits per heavy atom. The van der Waals surface area contributed by atoms with Gasteiger partial charge in [0.15, 0.2) is 0 Å². The van der Waals surface area contributed by atoms with Gasteiger partial charge in [-0.25, -0.2) is 0 Å². The molecule has 0 spiro atoms. The number of hydrogen-bond acceptors (Lipinski definition) is 3. The Morgan fingerprint density at radius 3 is 2.73 bits per heavy atom. The summed E-state index contributed by atoms with van der Waals surface area (Å²) >= 11 is 0. The molecule has 1 aromatic carbocycles. The molecule has 1 unspecified atom stereocenters. The number of nitrogens with one attached hydrogen (secondary N) is 2. The van der Waals surface area contributed by atoms with E-state index >= 15 is 0 Å². The fourth-order valence-corrected chi connectivity index (χ4v) is 3.47. The molecule has 0 bridgehead atoms. The van der Waals surface area contributed by atoms with Gasteiger partial charge in [0.1, 0.15) is 0 Å². The molecule has 0 aromatic heterocycles. The maximum atomic E-state index is 12.2. The molecule has 1 aliphatic carbocycles. The van der Waals surface area contributed by atoms with E-state index in [1.807, 2.05) is 0 Å². The highest BCUT2D eigenvalue weighted by molar-refractivity contribution is 5.78. The number of benzene rings is 1. The molecule has 1 amide bonds. The number of fused-ring (bicyclic) bond motifs is 1. The molecule has 1 heterocycles. The van der Waals surface area contributed by atoms with Crippen LogP contribution in [0.2, 0.25) is 0 Å². The zero-order chi connectivity index (χ0) is 15.4. The molecule has 0 radical (unpaired) electrons. The number of aryl methyl sites for hydroxylation is 2. The first-order valence-electron chi connectivity index (χ1n) is 8.56. The van der Waals surface area contributed by atoms with E-state index < -0.39 is 0 Å². The van der Waals surface area contributed by atoms with E-state index in [0.717, 1.165) is 26.2 Å². The van der Waals surface area contributed by atoms with Gasteiger partial charge in [0.2, 0.25) is 5.91 Å². The van der Waals surface area contributed by atoms with Crippen LogP contribution < -0.4 is 10.6 Å². The largest absolute Gasteiger partial charge is 0.348 e. The Labute approximate surface area is 133 Å². The molecule has 4 heteroatoms. The van der Waals surface area contributed by atoms with Crippen molar-refractivity contribution < 1.29 is 4.79 Å². The quantitative estimate of drug-likeness (QED) is 0.889. The average Bonchev–Trinajstić information content (AvgIpc) is 2.55. The number of amides is 1. The van der Waals surface area contributed by atoms with Crippen molar-refractivity contribution in [2.45, 2.75) is 38.6 Å². The molecule has 120 valence electrons. The first-order chi connectivity index (χ1) is 10.7. The van der Waals surface area contributed by atoms with Crippen molar-refractivity contribution in [1.29, 1.82) is 0 Å². The van der Waals surface area contributed by atoms with E-state index in [1.165, 1.54) is 42.4 Å². The summed E-state index contributed by atoms with van der Waals surface area (Å²) < 4.78 is 0. The fourth-order valence-electron chi connectivity index (χ4n) is 3.47. The van der Waals surface area contributed by atoms with Crippen LogP contribution in [0.15, 0.2) is 18.2 Å². The van der Waals surface area contributed by atoms with Crippen molar-refractivity contribution in [3.8, 4) is 0 Å². The van der Waals surface area contributed by atoms with Gasteiger partial charge in [-0.2, -0.15) is 0 Å². The molecule has 3 rings (SSSR count). The standard InChI is InChI=1S/C18H27N3O/c1-14(20-18(22)13-21-10-8-19-9-11-21)16-7-6-15-4-2-3-5-17(15)12-16/h6-7,12,14,19H,2-5,8-11,13H2,1H3,(H,20,22). The molecule has 2 aliphatic rings. The van der Waals surface area contributed by atoms with Crippen LogP contribution in [0, 0.1) is 0 Å². The smallest absolute Gasteiger partial charge is 0.234 e. The van der Waals surface area contributed by atoms with Gasteiger partial charge in [-0.15, -0.1) is 0 Å². The third-order valence-corrected chi connectivity index (χ3v) is 4.83. The lowest BCUT2D eigenvalue weighted by molar-refractivity contribution is -0.123. The molecule has 1 aliphatic heterocycles. The highest BCUT2D eigenvalue weighted by atomic mass is 16.2. The minimum absolute atomic E-state index is 0.0858. The molecule has 2 N–H and O–H groups in total. The van der Waals surface area contributed by atoms with E-state index in [-0.39, 0.29) is 11.9 Å². The molecule has 1 aromatic rings. The lowest BCUT2D eigenvalue weighted by Crippen LogP contribution is -2.47. The Morgan fingerprint density at radius 2 is 1.95 bits per heavy atom. The van der Waals surface area contributed by atoms with Crippen molar-refractivity contribution in [2.24, 2.45) is 0 Å². The predicted molar refractivity (Wildman–Crippen MR) is 89.0 cm³/mol. The Balaban J connectivity index is 1.56. The second-order valence-electron chi connectivity index (χ2n) is 6.55. The Bertz CT molecular complexity index is 523. The second kappa shape index (κ2) is 7.25. The predicted octanol–water partition coefficient (Wildman–Crippen LogP) is 1.65. The summed E-state index contributed by atoms with van der Waals surface area (Å²) in [6.07, 6.45) is 4.99. The number of carbonyl (C=O) groups excluding carboxylic acids is 1. The number of nitrogens with zero attached hydrogens (tertiary/aromatic N) is 1. The summed E-state index contributed by atoms with van der Waals surface area (Å²) in [5.41, 5.74) is 4.20. The van der Waals surface area contributed by atoms with Gasteiger partial charge >= 0.3 is 0 Å². The topological polar surface area (TPSA) is 44.4 Å². The molecular weight excluding hydrogens is 274 g/mol. The fraction of sp³-hybridized carbons (Fsp3) is 0.611. The van der Waals surface area contributed by atoms with Crippen LogP contribution in [0.25, 0.3) is 0 Å². The van der Waals surface area contributed by atoms with Gasteiger partial charge in [-0.05, 0) is 49.3 Å². The van der Waals surface area contributed by atoms with Crippen molar-refractivity contribution in [3.63, 3.8) is 0 Å². The summed E-state index contributed by atoms with van der Waals surface area (Å²) in [6.45, 7) is 6.47. The summed E-state index contributed by atoms with van der Waals surface area (Å²) in [7, 11) is 0. The number of piperazine rings is 1. The summed E-state index contributed by atoms with van der Waals surface area (Å²) in [6, 6.07) is 6.81. The Kier molecular flexibility index (Phi) is 5.11. The van der Waals surface area contributed by atoms with Gasteiger partial charge < -0.3 is 10.6 Å². The van der Waals surface area contributed by atoms with Crippen LogP contribution in [0.4, 0.5) is 0 Å². The summed E-state index contributed by atoms with van der Waals surface area (Å²) in [4.78, 5) is 14.4. The van der Waals surface area contributed by atoms with Crippen LogP contribution >= 0.6 is 0 Å².